The van der Waals surface area contributed by atoms with E-state index in [1.165, 1.54) is 12.1 Å². The summed E-state index contributed by atoms with van der Waals surface area (Å²) in [7, 11) is 0. The Morgan fingerprint density at radius 3 is 2.52 bits per heavy atom. The van der Waals surface area contributed by atoms with Gasteiger partial charge in [0.2, 0.25) is 0 Å². The maximum atomic E-state index is 13.2. The zero-order chi connectivity index (χ0) is 16.0. The second-order valence-corrected chi connectivity index (χ2v) is 5.26. The van der Waals surface area contributed by atoms with Crippen LogP contribution in [-0.2, 0) is 0 Å². The van der Waals surface area contributed by atoms with Crippen LogP contribution in [0.1, 0.15) is 36.6 Å². The van der Waals surface area contributed by atoms with Gasteiger partial charge in [0.05, 0.1) is 0 Å². The van der Waals surface area contributed by atoms with Gasteiger partial charge >= 0.3 is 12.1 Å². The van der Waals surface area contributed by atoms with E-state index in [9.17, 15) is 23.1 Å². The molecule has 1 atom stereocenters. The number of hydrogen-bond donors (Lipinski definition) is 1. The third-order valence-corrected chi connectivity index (χ3v) is 3.27. The lowest BCUT2D eigenvalue weighted by atomic mass is 9.99. The molecule has 0 spiro atoms. The minimum Gasteiger partial charge on any atom is -0.456 e. The fraction of sp³-hybridized carbons (Fsp3) is 0.538. The van der Waals surface area contributed by atoms with Gasteiger partial charge < -0.3 is 9.52 Å². The Balaban J connectivity index is 2.43. The summed E-state index contributed by atoms with van der Waals surface area (Å²) in [4.78, 5) is 12.2. The van der Waals surface area contributed by atoms with Crippen molar-refractivity contribution in [3.05, 3.63) is 23.7 Å². The van der Waals surface area contributed by atoms with Gasteiger partial charge in [0.1, 0.15) is 5.76 Å². The van der Waals surface area contributed by atoms with Crippen molar-refractivity contribution in [1.82, 2.24) is 5.01 Å². The molecule has 0 radical (unpaired) electrons. The molecule has 1 aliphatic rings. The van der Waals surface area contributed by atoms with Gasteiger partial charge in [0, 0.05) is 12.1 Å². The summed E-state index contributed by atoms with van der Waals surface area (Å²) >= 11 is 0. The third kappa shape index (κ3) is 2.55. The van der Waals surface area contributed by atoms with Crippen LogP contribution in [0.3, 0.4) is 0 Å². The molecule has 21 heavy (non-hydrogen) atoms. The molecule has 1 aromatic heterocycles. The van der Waals surface area contributed by atoms with Gasteiger partial charge in [-0.3, -0.25) is 4.79 Å². The normalized spacial score (nSPS) is 22.9. The van der Waals surface area contributed by atoms with Crippen molar-refractivity contribution in [3.8, 4) is 0 Å². The predicted molar refractivity (Wildman–Crippen MR) is 67.5 cm³/mol. The molecular weight excluding hydrogens is 289 g/mol. The summed E-state index contributed by atoms with van der Waals surface area (Å²) in [5, 5.41) is 13.7. The Bertz CT molecular complexity index is 592. The minimum atomic E-state index is -5.02. The number of carbonyl (C=O) groups is 1. The second-order valence-electron chi connectivity index (χ2n) is 5.26. The summed E-state index contributed by atoms with van der Waals surface area (Å²) in [6.45, 7) is 4.83. The molecule has 8 heteroatoms. The zero-order valence-electron chi connectivity index (χ0n) is 11.7. The third-order valence-electron chi connectivity index (χ3n) is 3.27. The van der Waals surface area contributed by atoms with E-state index in [4.69, 9.17) is 4.42 Å². The van der Waals surface area contributed by atoms with Gasteiger partial charge in [0.15, 0.2) is 5.76 Å². The van der Waals surface area contributed by atoms with E-state index >= 15 is 0 Å². The van der Waals surface area contributed by atoms with Gasteiger partial charge in [-0.15, -0.1) is 0 Å². The lowest BCUT2D eigenvalue weighted by molar-refractivity contribution is -0.297. The van der Waals surface area contributed by atoms with E-state index in [0.717, 1.165) is 0 Å². The molecule has 0 aromatic carbocycles. The largest absolute Gasteiger partial charge is 0.456 e. The van der Waals surface area contributed by atoms with Crippen LogP contribution < -0.4 is 0 Å². The molecule has 116 valence electrons. The number of hydrogen-bond acceptors (Lipinski definition) is 4. The number of rotatable bonds is 2. The van der Waals surface area contributed by atoms with E-state index in [-0.39, 0.29) is 22.4 Å². The maximum absolute atomic E-state index is 13.2. The lowest BCUT2D eigenvalue weighted by Crippen LogP contribution is -2.56. The summed E-state index contributed by atoms with van der Waals surface area (Å²) < 4.78 is 44.5. The first-order valence-electron chi connectivity index (χ1n) is 6.33. The summed E-state index contributed by atoms with van der Waals surface area (Å²) in [5.41, 5.74) is -3.24. The van der Waals surface area contributed by atoms with Crippen LogP contribution in [0.2, 0.25) is 0 Å². The highest BCUT2D eigenvalue weighted by Gasteiger charge is 2.63. The zero-order valence-corrected chi connectivity index (χ0v) is 11.7. The van der Waals surface area contributed by atoms with Crippen molar-refractivity contribution in [2.75, 3.05) is 0 Å². The smallest absolute Gasteiger partial charge is 0.438 e. The van der Waals surface area contributed by atoms with Gasteiger partial charge in [-0.1, -0.05) is 13.8 Å². The highest BCUT2D eigenvalue weighted by molar-refractivity contribution is 5.97. The molecular formula is C13H15F3N2O3. The number of aliphatic hydroxyl groups is 1. The van der Waals surface area contributed by atoms with Gasteiger partial charge in [0.25, 0.3) is 5.72 Å². The van der Waals surface area contributed by atoms with E-state index < -0.39 is 24.2 Å². The molecule has 2 rings (SSSR count). The molecule has 1 aromatic rings. The fourth-order valence-corrected chi connectivity index (χ4v) is 1.98. The molecule has 0 bridgehead atoms. The number of aryl methyl sites for hydroxylation is 1. The van der Waals surface area contributed by atoms with E-state index in [1.807, 2.05) is 0 Å². The molecule has 1 N–H and O–H groups in total. The standard InChI is InChI=1S/C13H15F3N2O3/c1-7(2)9-6-12(20,13(14,15)16)18(17-9)11(19)10-5-4-8(3)21-10/h4-5,7,20H,6H2,1-3H3/t12-/m0/s1. The van der Waals surface area contributed by atoms with Gasteiger partial charge in [-0.25, -0.2) is 0 Å². The van der Waals surface area contributed by atoms with Crippen LogP contribution in [0.15, 0.2) is 21.7 Å². The lowest BCUT2D eigenvalue weighted by Gasteiger charge is -2.32. The van der Waals surface area contributed by atoms with Crippen LogP contribution >= 0.6 is 0 Å². The Labute approximate surface area is 119 Å². The highest BCUT2D eigenvalue weighted by Crippen LogP contribution is 2.42. The highest BCUT2D eigenvalue weighted by atomic mass is 19.4. The molecule has 0 fully saturated rings. The average Bonchev–Trinajstić information content (AvgIpc) is 2.92. The number of nitrogens with zero attached hydrogens (tertiary/aromatic N) is 2. The molecule has 1 aliphatic heterocycles. The van der Waals surface area contributed by atoms with Crippen LogP contribution in [0.25, 0.3) is 0 Å². The van der Waals surface area contributed by atoms with Crippen molar-refractivity contribution in [3.63, 3.8) is 0 Å². The van der Waals surface area contributed by atoms with Gasteiger partial charge in [-0.2, -0.15) is 23.3 Å². The van der Waals surface area contributed by atoms with E-state index in [0.29, 0.717) is 5.76 Å². The van der Waals surface area contributed by atoms with Crippen molar-refractivity contribution < 1.29 is 27.5 Å². The van der Waals surface area contributed by atoms with Crippen molar-refractivity contribution in [2.45, 2.75) is 39.1 Å². The van der Waals surface area contributed by atoms with Crippen LogP contribution in [0, 0.1) is 12.8 Å². The Morgan fingerprint density at radius 1 is 1.48 bits per heavy atom. The molecule has 2 heterocycles. The van der Waals surface area contributed by atoms with E-state index in [2.05, 4.69) is 5.10 Å². The number of amides is 1. The van der Waals surface area contributed by atoms with E-state index in [1.54, 1.807) is 20.8 Å². The first-order chi connectivity index (χ1) is 9.56. The van der Waals surface area contributed by atoms with Crippen LogP contribution in [0.4, 0.5) is 13.2 Å². The first-order valence-corrected chi connectivity index (χ1v) is 6.33. The fourth-order valence-electron chi connectivity index (χ4n) is 1.98. The molecule has 1 amide bonds. The van der Waals surface area contributed by atoms with Crippen LogP contribution in [0.5, 0.6) is 0 Å². The monoisotopic (exact) mass is 304 g/mol. The molecule has 5 nitrogen and oxygen atoms in total. The quantitative estimate of drug-likeness (QED) is 0.913. The number of furan rings is 1. The number of halogens is 3. The molecule has 0 unspecified atom stereocenters. The maximum Gasteiger partial charge on any atom is 0.438 e. The second kappa shape index (κ2) is 4.87. The van der Waals surface area contributed by atoms with Crippen molar-refractivity contribution >= 4 is 11.6 Å². The Kier molecular flexibility index (Phi) is 3.61. The summed E-state index contributed by atoms with van der Waals surface area (Å²) in [5.74, 6) is -1.38. The van der Waals surface area contributed by atoms with Crippen molar-refractivity contribution in [1.29, 1.82) is 0 Å². The Hall–Kier alpha value is -1.83. The minimum absolute atomic E-state index is 0.0700. The summed E-state index contributed by atoms with van der Waals surface area (Å²) in [6, 6.07) is 2.69. The van der Waals surface area contributed by atoms with Crippen LogP contribution in [-0.4, -0.2) is 33.6 Å². The number of carbonyl (C=O) groups excluding carboxylic acids is 1. The Morgan fingerprint density at radius 2 is 2.10 bits per heavy atom. The van der Waals surface area contributed by atoms with Gasteiger partial charge in [-0.05, 0) is 25.0 Å². The SMILES string of the molecule is Cc1ccc(C(=O)N2N=C(C(C)C)C[C@]2(O)C(F)(F)F)o1. The topological polar surface area (TPSA) is 66.0 Å². The summed E-state index contributed by atoms with van der Waals surface area (Å²) in [6.07, 6.45) is -5.79. The van der Waals surface area contributed by atoms with Crippen molar-refractivity contribution in [2.24, 2.45) is 11.0 Å². The number of alkyl halides is 3. The average molecular weight is 304 g/mol. The number of hydrazone groups is 1. The molecule has 0 saturated heterocycles. The predicted octanol–water partition coefficient (Wildman–Crippen LogP) is 2.70. The molecule has 0 aliphatic carbocycles. The molecule has 0 saturated carbocycles. The first kappa shape index (κ1) is 15.6.